The van der Waals surface area contributed by atoms with Crippen LogP contribution in [0, 0.1) is 18.3 Å². The zero-order valence-electron chi connectivity index (χ0n) is 12.5. The Morgan fingerprint density at radius 3 is 2.67 bits per heavy atom. The van der Waals surface area contributed by atoms with Crippen LogP contribution in [0.4, 0.5) is 11.4 Å². The normalized spacial score (nSPS) is 10.8. The molecule has 0 amide bonds. The average molecular weight is 337 g/mol. The topological polar surface area (TPSA) is 104 Å². The van der Waals surface area contributed by atoms with Crippen LogP contribution in [-0.2, 0) is 0 Å². The van der Waals surface area contributed by atoms with Crippen LogP contribution in [0.3, 0.4) is 0 Å². The molecular weight excluding hydrogens is 326 g/mol. The van der Waals surface area contributed by atoms with Gasteiger partial charge in [-0.1, -0.05) is 18.2 Å². The Kier molecular flexibility index (Phi) is 4.18. The highest BCUT2D eigenvalue weighted by molar-refractivity contribution is 7.12. The SMILES string of the molecule is Cc1c(C#N)c(O)n(-c2nccs2)c(=O)c1N=Nc1ccccc1. The van der Waals surface area contributed by atoms with Crippen molar-refractivity contribution in [3.8, 4) is 17.1 Å². The Bertz CT molecular complexity index is 1000. The molecule has 1 N–H and O–H groups in total. The van der Waals surface area contributed by atoms with E-state index in [0.717, 1.165) is 15.9 Å². The van der Waals surface area contributed by atoms with E-state index < -0.39 is 11.4 Å². The van der Waals surface area contributed by atoms with E-state index in [4.69, 9.17) is 0 Å². The molecule has 0 unspecified atom stereocenters. The summed E-state index contributed by atoms with van der Waals surface area (Å²) in [5.41, 5.74) is 0.213. The van der Waals surface area contributed by atoms with Crippen LogP contribution >= 0.6 is 11.3 Å². The lowest BCUT2D eigenvalue weighted by Gasteiger charge is -2.10. The Morgan fingerprint density at radius 1 is 1.29 bits per heavy atom. The summed E-state index contributed by atoms with van der Waals surface area (Å²) in [5, 5.41) is 29.5. The molecule has 2 heterocycles. The molecule has 8 heteroatoms. The monoisotopic (exact) mass is 337 g/mol. The van der Waals surface area contributed by atoms with E-state index in [-0.39, 0.29) is 21.9 Å². The van der Waals surface area contributed by atoms with E-state index in [2.05, 4.69) is 15.2 Å². The number of hydrogen-bond donors (Lipinski definition) is 1. The summed E-state index contributed by atoms with van der Waals surface area (Å²) in [5.74, 6) is -0.450. The van der Waals surface area contributed by atoms with Gasteiger partial charge in [-0.15, -0.1) is 16.5 Å². The third kappa shape index (κ3) is 2.68. The summed E-state index contributed by atoms with van der Waals surface area (Å²) in [4.78, 5) is 16.7. The van der Waals surface area contributed by atoms with Gasteiger partial charge in [-0.3, -0.25) is 4.79 Å². The highest BCUT2D eigenvalue weighted by Gasteiger charge is 2.21. The maximum atomic E-state index is 12.7. The number of thiazole rings is 1. The van der Waals surface area contributed by atoms with Gasteiger partial charge in [0.1, 0.15) is 11.6 Å². The van der Waals surface area contributed by atoms with Crippen molar-refractivity contribution < 1.29 is 5.11 Å². The quantitative estimate of drug-likeness (QED) is 0.737. The molecule has 7 nitrogen and oxygen atoms in total. The highest BCUT2D eigenvalue weighted by Crippen LogP contribution is 2.29. The lowest BCUT2D eigenvalue weighted by atomic mass is 10.1. The second kappa shape index (κ2) is 6.44. The minimum absolute atomic E-state index is 0.0107. The standard InChI is InChI=1S/C16H11N5O2S/c1-10-12(9-17)14(22)21(16-18-7-8-24-16)15(23)13(10)20-19-11-5-3-2-4-6-11/h2-8,22H,1H3. The molecule has 0 aliphatic carbocycles. The number of aromatic hydroxyl groups is 1. The van der Waals surface area contributed by atoms with Crippen molar-refractivity contribution in [2.45, 2.75) is 6.92 Å². The van der Waals surface area contributed by atoms with E-state index in [0.29, 0.717) is 5.69 Å². The molecule has 0 atom stereocenters. The average Bonchev–Trinajstić information content (AvgIpc) is 3.10. The van der Waals surface area contributed by atoms with Gasteiger partial charge in [0.25, 0.3) is 5.56 Å². The highest BCUT2D eigenvalue weighted by atomic mass is 32.1. The van der Waals surface area contributed by atoms with Gasteiger partial charge in [-0.25, -0.2) is 9.55 Å². The first-order chi connectivity index (χ1) is 11.6. The largest absolute Gasteiger partial charge is 0.493 e. The minimum Gasteiger partial charge on any atom is -0.493 e. The second-order valence-electron chi connectivity index (χ2n) is 4.77. The molecule has 0 radical (unpaired) electrons. The first-order valence-electron chi connectivity index (χ1n) is 6.89. The van der Waals surface area contributed by atoms with Crippen molar-refractivity contribution in [1.82, 2.24) is 9.55 Å². The van der Waals surface area contributed by atoms with Gasteiger partial charge in [-0.2, -0.15) is 10.4 Å². The number of aromatic nitrogens is 2. The van der Waals surface area contributed by atoms with Crippen LogP contribution in [0.5, 0.6) is 5.88 Å². The van der Waals surface area contributed by atoms with Gasteiger partial charge < -0.3 is 5.11 Å². The predicted molar refractivity (Wildman–Crippen MR) is 89.4 cm³/mol. The van der Waals surface area contributed by atoms with Crippen molar-refractivity contribution in [3.63, 3.8) is 0 Å². The zero-order valence-corrected chi connectivity index (χ0v) is 13.4. The first kappa shape index (κ1) is 15.6. The summed E-state index contributed by atoms with van der Waals surface area (Å²) in [6, 6.07) is 10.8. The Labute approximate surface area is 140 Å². The van der Waals surface area contributed by atoms with Gasteiger partial charge in [0.2, 0.25) is 5.88 Å². The molecule has 0 aliphatic heterocycles. The van der Waals surface area contributed by atoms with Gasteiger partial charge in [0.05, 0.1) is 5.69 Å². The molecule has 0 saturated carbocycles. The number of nitriles is 1. The fraction of sp³-hybridized carbons (Fsp3) is 0.0625. The molecule has 0 saturated heterocycles. The molecule has 3 rings (SSSR count). The molecule has 2 aromatic heterocycles. The van der Waals surface area contributed by atoms with Crippen molar-refractivity contribution in [1.29, 1.82) is 5.26 Å². The number of rotatable bonds is 3. The van der Waals surface area contributed by atoms with E-state index in [1.54, 1.807) is 36.6 Å². The van der Waals surface area contributed by atoms with Crippen LogP contribution in [0.2, 0.25) is 0 Å². The van der Waals surface area contributed by atoms with E-state index in [9.17, 15) is 15.2 Å². The maximum absolute atomic E-state index is 12.7. The van der Waals surface area contributed by atoms with Crippen molar-refractivity contribution >= 4 is 22.7 Å². The van der Waals surface area contributed by atoms with E-state index >= 15 is 0 Å². The predicted octanol–water partition coefficient (Wildman–Crippen LogP) is 3.60. The number of nitrogens with zero attached hydrogens (tertiary/aromatic N) is 5. The van der Waals surface area contributed by atoms with Gasteiger partial charge in [0, 0.05) is 17.1 Å². The number of pyridine rings is 1. The summed E-state index contributed by atoms with van der Waals surface area (Å²) >= 11 is 1.16. The van der Waals surface area contributed by atoms with Crippen LogP contribution < -0.4 is 5.56 Å². The van der Waals surface area contributed by atoms with Crippen molar-refractivity contribution in [2.75, 3.05) is 0 Å². The summed E-state index contributed by atoms with van der Waals surface area (Å²) in [6.45, 7) is 1.55. The van der Waals surface area contributed by atoms with Crippen molar-refractivity contribution in [2.24, 2.45) is 10.2 Å². The molecule has 0 spiro atoms. The molecule has 118 valence electrons. The summed E-state index contributed by atoms with van der Waals surface area (Å²) in [7, 11) is 0. The summed E-state index contributed by atoms with van der Waals surface area (Å²) < 4.78 is 0.968. The van der Waals surface area contributed by atoms with Crippen LogP contribution in [0.25, 0.3) is 5.13 Å². The molecule has 0 bridgehead atoms. The smallest absolute Gasteiger partial charge is 0.287 e. The fourth-order valence-electron chi connectivity index (χ4n) is 2.12. The fourth-order valence-corrected chi connectivity index (χ4v) is 2.76. The van der Waals surface area contributed by atoms with Gasteiger partial charge >= 0.3 is 0 Å². The van der Waals surface area contributed by atoms with Gasteiger partial charge in [-0.05, 0) is 19.1 Å². The Morgan fingerprint density at radius 2 is 2.04 bits per heavy atom. The minimum atomic E-state index is -0.585. The molecular formula is C16H11N5O2S. The molecule has 3 aromatic rings. The molecule has 0 aliphatic rings. The van der Waals surface area contributed by atoms with Crippen LogP contribution in [0.1, 0.15) is 11.1 Å². The zero-order chi connectivity index (χ0) is 17.1. The van der Waals surface area contributed by atoms with Crippen molar-refractivity contribution in [3.05, 3.63) is 63.4 Å². The Balaban J connectivity index is 2.23. The maximum Gasteiger partial charge on any atom is 0.287 e. The lowest BCUT2D eigenvalue weighted by molar-refractivity contribution is 0.433. The third-order valence-electron chi connectivity index (χ3n) is 3.32. The third-order valence-corrected chi connectivity index (χ3v) is 4.07. The van der Waals surface area contributed by atoms with Crippen LogP contribution in [0.15, 0.2) is 56.9 Å². The molecule has 24 heavy (non-hydrogen) atoms. The molecule has 1 aromatic carbocycles. The second-order valence-corrected chi connectivity index (χ2v) is 5.65. The number of hydrogen-bond acceptors (Lipinski definition) is 7. The van der Waals surface area contributed by atoms with Crippen LogP contribution in [-0.4, -0.2) is 14.7 Å². The summed E-state index contributed by atoms with van der Waals surface area (Å²) in [6.07, 6.45) is 1.50. The van der Waals surface area contributed by atoms with E-state index in [1.807, 2.05) is 12.1 Å². The first-order valence-corrected chi connectivity index (χ1v) is 7.76. The number of benzene rings is 1. The molecule has 0 fully saturated rings. The van der Waals surface area contributed by atoms with E-state index in [1.165, 1.54) is 6.20 Å². The number of azo groups is 1. The van der Waals surface area contributed by atoms with Gasteiger partial charge in [0.15, 0.2) is 10.8 Å². The lowest BCUT2D eigenvalue weighted by Crippen LogP contribution is -2.20. The Hall–Kier alpha value is -3.31.